The summed E-state index contributed by atoms with van der Waals surface area (Å²) in [6.07, 6.45) is 0.546. The van der Waals surface area contributed by atoms with Gasteiger partial charge in [0.2, 0.25) is 0 Å². The molecule has 1 aromatic carbocycles. The first kappa shape index (κ1) is 13.9. The zero-order valence-electron chi connectivity index (χ0n) is 11.3. The van der Waals surface area contributed by atoms with E-state index in [4.69, 9.17) is 0 Å². The van der Waals surface area contributed by atoms with Crippen LogP contribution in [-0.4, -0.2) is 14.7 Å². The van der Waals surface area contributed by atoms with Gasteiger partial charge in [-0.3, -0.25) is 9.36 Å². The van der Waals surface area contributed by atoms with Crippen LogP contribution in [0.2, 0.25) is 0 Å². The number of thiophene rings is 1. The van der Waals surface area contributed by atoms with Crippen molar-refractivity contribution in [3.63, 3.8) is 0 Å². The van der Waals surface area contributed by atoms with E-state index in [-0.39, 0.29) is 17.9 Å². The van der Waals surface area contributed by atoms with Gasteiger partial charge in [0.05, 0.1) is 24.4 Å². The molecule has 0 aliphatic carbocycles. The summed E-state index contributed by atoms with van der Waals surface area (Å²) in [5.41, 5.74) is 1.08. The molecule has 4 nitrogen and oxygen atoms in total. The Bertz CT molecular complexity index is 856. The van der Waals surface area contributed by atoms with Gasteiger partial charge in [0, 0.05) is 0 Å². The maximum atomic E-state index is 13.1. The molecule has 3 aromatic rings. The summed E-state index contributed by atoms with van der Waals surface area (Å²) >= 11 is 1.40. The molecule has 0 bridgehead atoms. The van der Waals surface area contributed by atoms with Gasteiger partial charge in [-0.2, -0.15) is 0 Å². The first-order chi connectivity index (χ1) is 10.1. The molecule has 3 rings (SSSR count). The smallest absolute Gasteiger partial charge is 0.262 e. The Labute approximate surface area is 124 Å². The summed E-state index contributed by atoms with van der Waals surface area (Å²) in [5.74, 6) is -0.345. The van der Waals surface area contributed by atoms with Crippen LogP contribution in [0.1, 0.15) is 17.2 Å². The van der Waals surface area contributed by atoms with Crippen molar-refractivity contribution in [2.45, 2.75) is 19.6 Å². The first-order valence-electron chi connectivity index (χ1n) is 6.43. The van der Waals surface area contributed by atoms with Crippen molar-refractivity contribution in [3.8, 4) is 0 Å². The highest BCUT2D eigenvalue weighted by Crippen LogP contribution is 2.20. The Hall–Kier alpha value is -2.05. The van der Waals surface area contributed by atoms with Gasteiger partial charge in [-0.15, -0.1) is 11.3 Å². The van der Waals surface area contributed by atoms with Gasteiger partial charge in [0.15, 0.2) is 0 Å². The average molecular weight is 304 g/mol. The standard InChI is InChI=1S/C15H13FN2O2S/c1-9-6-10(16)2-3-11(9)13(19)7-18-8-17-14-12(15(18)20)4-5-21-14/h2-6,8,13,19H,7H2,1H3. The molecule has 0 saturated heterocycles. The molecule has 6 heteroatoms. The Morgan fingerprint density at radius 1 is 1.43 bits per heavy atom. The Balaban J connectivity index is 1.94. The molecular weight excluding hydrogens is 291 g/mol. The summed E-state index contributed by atoms with van der Waals surface area (Å²) in [5, 5.41) is 12.6. The van der Waals surface area contributed by atoms with Gasteiger partial charge in [-0.05, 0) is 41.6 Å². The predicted molar refractivity (Wildman–Crippen MR) is 80.0 cm³/mol. The number of aromatic nitrogens is 2. The minimum atomic E-state index is -0.888. The molecule has 2 aromatic heterocycles. The number of hydrogen-bond acceptors (Lipinski definition) is 4. The maximum absolute atomic E-state index is 13.1. The number of aryl methyl sites for hydroxylation is 1. The molecule has 21 heavy (non-hydrogen) atoms. The number of hydrogen-bond donors (Lipinski definition) is 1. The highest BCUT2D eigenvalue weighted by atomic mass is 32.1. The minimum Gasteiger partial charge on any atom is -0.387 e. The molecule has 1 unspecified atom stereocenters. The summed E-state index contributed by atoms with van der Waals surface area (Å²) in [7, 11) is 0. The summed E-state index contributed by atoms with van der Waals surface area (Å²) in [4.78, 5) is 17.1. The lowest BCUT2D eigenvalue weighted by Gasteiger charge is -2.15. The molecule has 108 valence electrons. The second-order valence-corrected chi connectivity index (χ2v) is 5.75. The van der Waals surface area contributed by atoms with Gasteiger partial charge in [-0.1, -0.05) is 6.07 Å². The fourth-order valence-corrected chi connectivity index (χ4v) is 3.04. The van der Waals surface area contributed by atoms with Gasteiger partial charge in [0.25, 0.3) is 5.56 Å². The van der Waals surface area contributed by atoms with Crippen molar-refractivity contribution >= 4 is 21.6 Å². The second kappa shape index (κ2) is 5.38. The second-order valence-electron chi connectivity index (χ2n) is 4.86. The third-order valence-corrected chi connectivity index (χ3v) is 4.23. The van der Waals surface area contributed by atoms with Crippen molar-refractivity contribution in [3.05, 3.63) is 63.3 Å². The third-order valence-electron chi connectivity index (χ3n) is 3.41. The average Bonchev–Trinajstić information content (AvgIpc) is 2.91. The maximum Gasteiger partial charge on any atom is 0.262 e. The zero-order chi connectivity index (χ0) is 15.0. The third kappa shape index (κ3) is 2.59. The monoisotopic (exact) mass is 304 g/mol. The van der Waals surface area contributed by atoms with E-state index in [0.29, 0.717) is 21.3 Å². The van der Waals surface area contributed by atoms with Gasteiger partial charge in [-0.25, -0.2) is 9.37 Å². The van der Waals surface area contributed by atoms with Crippen LogP contribution in [0.4, 0.5) is 4.39 Å². The Morgan fingerprint density at radius 2 is 2.24 bits per heavy atom. The largest absolute Gasteiger partial charge is 0.387 e. The molecule has 0 amide bonds. The van der Waals surface area contributed by atoms with E-state index in [1.807, 2.05) is 5.38 Å². The van der Waals surface area contributed by atoms with Crippen LogP contribution in [0.5, 0.6) is 0 Å². The molecule has 0 fully saturated rings. The van der Waals surface area contributed by atoms with Crippen molar-refractivity contribution in [1.82, 2.24) is 9.55 Å². The summed E-state index contributed by atoms with van der Waals surface area (Å²) < 4.78 is 14.5. The van der Waals surface area contributed by atoms with Gasteiger partial charge >= 0.3 is 0 Å². The fourth-order valence-electron chi connectivity index (χ4n) is 2.32. The fraction of sp³-hybridized carbons (Fsp3) is 0.200. The van der Waals surface area contributed by atoms with Crippen LogP contribution >= 0.6 is 11.3 Å². The number of halogens is 1. The van der Waals surface area contributed by atoms with E-state index in [2.05, 4.69) is 4.98 Å². The van der Waals surface area contributed by atoms with Crippen LogP contribution in [-0.2, 0) is 6.54 Å². The van der Waals surface area contributed by atoms with Crippen molar-refractivity contribution in [1.29, 1.82) is 0 Å². The molecular formula is C15H13FN2O2S. The Kier molecular flexibility index (Phi) is 3.57. The minimum absolute atomic E-state index is 0.0874. The van der Waals surface area contributed by atoms with Crippen molar-refractivity contribution < 1.29 is 9.50 Å². The zero-order valence-corrected chi connectivity index (χ0v) is 12.1. The number of aliphatic hydroxyl groups excluding tert-OH is 1. The highest BCUT2D eigenvalue weighted by molar-refractivity contribution is 7.16. The van der Waals surface area contributed by atoms with Crippen molar-refractivity contribution in [2.24, 2.45) is 0 Å². The van der Waals surface area contributed by atoms with E-state index >= 15 is 0 Å². The molecule has 0 aliphatic rings. The van der Waals surface area contributed by atoms with E-state index in [0.717, 1.165) is 0 Å². The SMILES string of the molecule is Cc1cc(F)ccc1C(O)Cn1cnc2sccc2c1=O. The molecule has 1 N–H and O–H groups in total. The highest BCUT2D eigenvalue weighted by Gasteiger charge is 2.14. The summed E-state index contributed by atoms with van der Waals surface area (Å²) in [6, 6.07) is 5.93. The van der Waals surface area contributed by atoms with E-state index in [9.17, 15) is 14.3 Å². The lowest BCUT2D eigenvalue weighted by Crippen LogP contribution is -2.23. The Morgan fingerprint density at radius 3 is 3.00 bits per heavy atom. The van der Waals surface area contributed by atoms with E-state index < -0.39 is 6.10 Å². The summed E-state index contributed by atoms with van der Waals surface area (Å²) in [6.45, 7) is 1.81. The van der Waals surface area contributed by atoms with Crippen LogP contribution in [0.3, 0.4) is 0 Å². The van der Waals surface area contributed by atoms with Crippen molar-refractivity contribution in [2.75, 3.05) is 0 Å². The van der Waals surface area contributed by atoms with E-state index in [1.54, 1.807) is 13.0 Å². The predicted octanol–water partition coefficient (Wildman–Crippen LogP) is 2.64. The molecule has 0 radical (unpaired) electrons. The molecule has 0 aliphatic heterocycles. The normalized spacial score (nSPS) is 12.7. The van der Waals surface area contributed by atoms with Crippen LogP contribution in [0.25, 0.3) is 10.2 Å². The number of fused-ring (bicyclic) bond motifs is 1. The van der Waals surface area contributed by atoms with Crippen LogP contribution in [0.15, 0.2) is 40.8 Å². The molecule has 1 atom stereocenters. The van der Waals surface area contributed by atoms with Crippen LogP contribution < -0.4 is 5.56 Å². The lowest BCUT2D eigenvalue weighted by atomic mass is 10.0. The van der Waals surface area contributed by atoms with E-state index in [1.165, 1.54) is 40.4 Å². The van der Waals surface area contributed by atoms with Gasteiger partial charge in [0.1, 0.15) is 10.6 Å². The quantitative estimate of drug-likeness (QED) is 0.809. The molecule has 0 saturated carbocycles. The topological polar surface area (TPSA) is 55.1 Å². The first-order valence-corrected chi connectivity index (χ1v) is 7.31. The number of rotatable bonds is 3. The molecule has 0 spiro atoms. The van der Waals surface area contributed by atoms with Crippen LogP contribution in [0, 0.1) is 12.7 Å². The number of nitrogens with zero attached hydrogens (tertiary/aromatic N) is 2. The lowest BCUT2D eigenvalue weighted by molar-refractivity contribution is 0.154. The number of benzene rings is 1. The molecule has 2 heterocycles. The number of aliphatic hydroxyl groups is 1. The van der Waals surface area contributed by atoms with Gasteiger partial charge < -0.3 is 5.11 Å².